The Kier molecular flexibility index (Phi) is 6.91. The molecule has 1 aliphatic heterocycles. The molecule has 0 bridgehead atoms. The third-order valence-corrected chi connectivity index (χ3v) is 5.48. The first-order valence-corrected chi connectivity index (χ1v) is 10.6. The van der Waals surface area contributed by atoms with Crippen molar-refractivity contribution in [3.63, 3.8) is 0 Å². The SMILES string of the molecule is COc1ccc(/C=C/CN2CCc3nnc(CNC(=O)c4cccc(F)c4)n3CC2)cc1. The minimum absolute atomic E-state index is 0.250. The molecule has 0 spiro atoms. The van der Waals surface area contributed by atoms with E-state index in [1.54, 1.807) is 13.2 Å². The standard InChI is InChI=1S/C24H26FN5O2/c1-32-21-9-7-18(8-10-21)4-3-12-29-13-11-22-27-28-23(30(22)15-14-29)17-26-24(31)19-5-2-6-20(25)16-19/h2-10,16H,11-15,17H2,1H3,(H,26,31)/b4-3+. The maximum Gasteiger partial charge on any atom is 0.251 e. The summed E-state index contributed by atoms with van der Waals surface area (Å²) in [4.78, 5) is 14.7. The second-order valence-electron chi connectivity index (χ2n) is 7.60. The van der Waals surface area contributed by atoms with Gasteiger partial charge in [-0.05, 0) is 35.9 Å². The zero-order valence-electron chi connectivity index (χ0n) is 18.0. The number of benzene rings is 2. The summed E-state index contributed by atoms with van der Waals surface area (Å²) in [5.74, 6) is 1.71. The first kappa shape index (κ1) is 21.7. The van der Waals surface area contributed by atoms with Crippen molar-refractivity contribution in [2.24, 2.45) is 0 Å². The summed E-state index contributed by atoms with van der Waals surface area (Å²) in [7, 11) is 1.66. The van der Waals surface area contributed by atoms with Crippen LogP contribution < -0.4 is 10.1 Å². The molecular formula is C24H26FN5O2. The molecule has 2 aromatic carbocycles. The minimum Gasteiger partial charge on any atom is -0.497 e. The van der Waals surface area contributed by atoms with E-state index in [0.29, 0.717) is 5.82 Å². The van der Waals surface area contributed by atoms with E-state index in [2.05, 4.69) is 37.1 Å². The number of amides is 1. The maximum absolute atomic E-state index is 13.3. The van der Waals surface area contributed by atoms with Crippen LogP contribution in [-0.2, 0) is 19.5 Å². The summed E-state index contributed by atoms with van der Waals surface area (Å²) in [5.41, 5.74) is 1.42. The van der Waals surface area contributed by atoms with Gasteiger partial charge in [-0.25, -0.2) is 4.39 Å². The molecule has 32 heavy (non-hydrogen) atoms. The van der Waals surface area contributed by atoms with Gasteiger partial charge in [-0.15, -0.1) is 10.2 Å². The fraction of sp³-hybridized carbons (Fsp3) is 0.292. The van der Waals surface area contributed by atoms with Crippen LogP contribution in [0, 0.1) is 5.82 Å². The normalized spacial score (nSPS) is 14.2. The van der Waals surface area contributed by atoms with Gasteiger partial charge >= 0.3 is 0 Å². The summed E-state index contributed by atoms with van der Waals surface area (Å²) in [6.45, 7) is 3.60. The summed E-state index contributed by atoms with van der Waals surface area (Å²) in [6.07, 6.45) is 5.06. The van der Waals surface area contributed by atoms with Gasteiger partial charge in [-0.1, -0.05) is 30.4 Å². The Labute approximate surface area is 186 Å². The van der Waals surface area contributed by atoms with E-state index >= 15 is 0 Å². The van der Waals surface area contributed by atoms with Crippen molar-refractivity contribution in [2.75, 3.05) is 26.7 Å². The Balaban J connectivity index is 1.30. The molecule has 0 radical (unpaired) electrons. The first-order chi connectivity index (χ1) is 15.6. The molecule has 0 fully saturated rings. The van der Waals surface area contributed by atoms with Gasteiger partial charge in [0.1, 0.15) is 17.4 Å². The van der Waals surface area contributed by atoms with Gasteiger partial charge in [0.25, 0.3) is 5.91 Å². The van der Waals surface area contributed by atoms with Gasteiger partial charge < -0.3 is 14.6 Å². The first-order valence-electron chi connectivity index (χ1n) is 10.6. The molecular weight excluding hydrogens is 409 g/mol. The van der Waals surface area contributed by atoms with Crippen LogP contribution in [0.5, 0.6) is 5.75 Å². The molecule has 2 heterocycles. The number of carbonyl (C=O) groups excluding carboxylic acids is 1. The number of rotatable bonds is 7. The molecule has 0 aliphatic carbocycles. The molecule has 0 unspecified atom stereocenters. The highest BCUT2D eigenvalue weighted by molar-refractivity contribution is 5.94. The third kappa shape index (κ3) is 5.39. The van der Waals surface area contributed by atoms with E-state index in [1.165, 1.54) is 18.2 Å². The average Bonchev–Trinajstić information content (AvgIpc) is 3.09. The Morgan fingerprint density at radius 3 is 2.78 bits per heavy atom. The molecule has 0 atom stereocenters. The van der Waals surface area contributed by atoms with Gasteiger partial charge in [-0.3, -0.25) is 9.69 Å². The quantitative estimate of drug-likeness (QED) is 0.618. The van der Waals surface area contributed by atoms with E-state index in [4.69, 9.17) is 4.74 Å². The predicted molar refractivity (Wildman–Crippen MR) is 120 cm³/mol. The van der Waals surface area contributed by atoms with Gasteiger partial charge in [0.15, 0.2) is 5.82 Å². The fourth-order valence-electron chi connectivity index (χ4n) is 3.68. The van der Waals surface area contributed by atoms with Gasteiger partial charge in [0, 0.05) is 38.2 Å². The summed E-state index contributed by atoms with van der Waals surface area (Å²) < 4.78 is 20.6. The molecule has 1 aromatic heterocycles. The molecule has 8 heteroatoms. The van der Waals surface area contributed by atoms with Crippen LogP contribution in [-0.4, -0.2) is 52.3 Å². The lowest BCUT2D eigenvalue weighted by molar-refractivity contribution is 0.0949. The van der Waals surface area contributed by atoms with Crippen LogP contribution in [0.15, 0.2) is 54.6 Å². The van der Waals surface area contributed by atoms with Crippen molar-refractivity contribution in [3.05, 3.63) is 83.2 Å². The summed E-state index contributed by atoms with van der Waals surface area (Å²) in [6, 6.07) is 13.6. The number of halogens is 1. The smallest absolute Gasteiger partial charge is 0.251 e. The minimum atomic E-state index is -0.435. The molecule has 1 amide bonds. The monoisotopic (exact) mass is 435 g/mol. The van der Waals surface area contributed by atoms with Gasteiger partial charge in [0.2, 0.25) is 0 Å². The second kappa shape index (κ2) is 10.2. The van der Waals surface area contributed by atoms with E-state index < -0.39 is 5.82 Å². The third-order valence-electron chi connectivity index (χ3n) is 5.48. The molecule has 0 saturated heterocycles. The van der Waals surface area contributed by atoms with E-state index in [1.807, 2.05) is 24.3 Å². The number of fused-ring (bicyclic) bond motifs is 1. The summed E-state index contributed by atoms with van der Waals surface area (Å²) >= 11 is 0. The number of ether oxygens (including phenoxy) is 1. The topological polar surface area (TPSA) is 72.3 Å². The lowest BCUT2D eigenvalue weighted by Gasteiger charge is -2.17. The highest BCUT2D eigenvalue weighted by Gasteiger charge is 2.18. The van der Waals surface area contributed by atoms with E-state index in [9.17, 15) is 9.18 Å². The molecule has 1 N–H and O–H groups in total. The van der Waals surface area contributed by atoms with Crippen LogP contribution >= 0.6 is 0 Å². The van der Waals surface area contributed by atoms with Crippen LogP contribution in [0.1, 0.15) is 27.6 Å². The number of hydrogen-bond donors (Lipinski definition) is 1. The Morgan fingerprint density at radius 1 is 1.16 bits per heavy atom. The van der Waals surface area contributed by atoms with Gasteiger partial charge in [-0.2, -0.15) is 0 Å². The molecule has 3 aromatic rings. The predicted octanol–water partition coefficient (Wildman–Crippen LogP) is 2.93. The van der Waals surface area contributed by atoms with E-state index in [0.717, 1.165) is 49.7 Å². The fourth-order valence-corrected chi connectivity index (χ4v) is 3.68. The largest absolute Gasteiger partial charge is 0.497 e. The number of nitrogens with one attached hydrogen (secondary N) is 1. The number of hydrogen-bond acceptors (Lipinski definition) is 5. The Hall–Kier alpha value is -3.52. The summed E-state index contributed by atoms with van der Waals surface area (Å²) in [5, 5.41) is 11.4. The molecule has 7 nitrogen and oxygen atoms in total. The van der Waals surface area contributed by atoms with Crippen molar-refractivity contribution < 1.29 is 13.9 Å². The van der Waals surface area contributed by atoms with Crippen LogP contribution in [0.3, 0.4) is 0 Å². The molecule has 166 valence electrons. The Morgan fingerprint density at radius 2 is 2.00 bits per heavy atom. The second-order valence-corrected chi connectivity index (χ2v) is 7.60. The highest BCUT2D eigenvalue weighted by atomic mass is 19.1. The average molecular weight is 436 g/mol. The molecule has 1 aliphatic rings. The highest BCUT2D eigenvalue weighted by Crippen LogP contribution is 2.13. The van der Waals surface area contributed by atoms with Crippen LogP contribution in [0.4, 0.5) is 4.39 Å². The van der Waals surface area contributed by atoms with Crippen molar-refractivity contribution in [1.82, 2.24) is 25.0 Å². The lowest BCUT2D eigenvalue weighted by atomic mass is 10.2. The maximum atomic E-state index is 13.3. The number of carbonyl (C=O) groups is 1. The zero-order valence-corrected chi connectivity index (χ0v) is 18.0. The van der Waals surface area contributed by atoms with Crippen molar-refractivity contribution in [1.29, 1.82) is 0 Å². The van der Waals surface area contributed by atoms with Crippen molar-refractivity contribution >= 4 is 12.0 Å². The lowest BCUT2D eigenvalue weighted by Crippen LogP contribution is -2.28. The van der Waals surface area contributed by atoms with Crippen LogP contribution in [0.25, 0.3) is 6.08 Å². The van der Waals surface area contributed by atoms with E-state index in [-0.39, 0.29) is 18.0 Å². The van der Waals surface area contributed by atoms with Crippen LogP contribution in [0.2, 0.25) is 0 Å². The van der Waals surface area contributed by atoms with Crippen molar-refractivity contribution in [2.45, 2.75) is 19.5 Å². The number of aromatic nitrogens is 3. The molecule has 0 saturated carbocycles. The number of nitrogens with zero attached hydrogens (tertiary/aromatic N) is 4. The van der Waals surface area contributed by atoms with Gasteiger partial charge in [0.05, 0.1) is 13.7 Å². The Bertz CT molecular complexity index is 1090. The zero-order chi connectivity index (χ0) is 22.3. The van der Waals surface area contributed by atoms with Crippen molar-refractivity contribution in [3.8, 4) is 5.75 Å². The molecule has 4 rings (SSSR count). The number of methoxy groups -OCH3 is 1.